The number of anilines is 1. The van der Waals surface area contributed by atoms with Crippen LogP contribution in [0.3, 0.4) is 0 Å². The number of nitrogens with one attached hydrogen (secondary N) is 1. The fourth-order valence-corrected chi connectivity index (χ4v) is 1.71. The van der Waals surface area contributed by atoms with Crippen molar-refractivity contribution in [2.75, 3.05) is 18.5 Å². The van der Waals surface area contributed by atoms with Gasteiger partial charge >= 0.3 is 0 Å². The van der Waals surface area contributed by atoms with Gasteiger partial charge < -0.3 is 10.6 Å². The Hall–Kier alpha value is -1.29. The van der Waals surface area contributed by atoms with E-state index >= 15 is 0 Å². The lowest BCUT2D eigenvalue weighted by atomic mass is 10.2. The summed E-state index contributed by atoms with van der Waals surface area (Å²) >= 11 is 6.11. The predicted molar refractivity (Wildman–Crippen MR) is 63.8 cm³/mol. The molecule has 4 nitrogen and oxygen atoms in total. The van der Waals surface area contributed by atoms with Crippen LogP contribution < -0.4 is 10.6 Å². The van der Waals surface area contributed by atoms with E-state index in [1.165, 1.54) is 0 Å². The van der Waals surface area contributed by atoms with Crippen LogP contribution in [0.4, 0.5) is 5.82 Å². The van der Waals surface area contributed by atoms with Crippen molar-refractivity contribution >= 4 is 23.3 Å². The zero-order valence-corrected chi connectivity index (χ0v) is 9.67. The van der Waals surface area contributed by atoms with Crippen molar-refractivity contribution in [3.63, 3.8) is 0 Å². The number of aromatic nitrogens is 1. The molecular weight excluding hydrogens is 212 g/mol. The maximum absolute atomic E-state index is 7.36. The minimum Gasteiger partial charge on any atom is -0.384 e. The molecule has 0 aromatic carbocycles. The Morgan fingerprint density at radius 2 is 2.33 bits per heavy atom. The van der Waals surface area contributed by atoms with Crippen molar-refractivity contribution in [3.05, 3.63) is 22.8 Å². The first-order chi connectivity index (χ1) is 7.07. The van der Waals surface area contributed by atoms with E-state index in [4.69, 9.17) is 22.7 Å². The minimum absolute atomic E-state index is 0.0338. The highest BCUT2D eigenvalue weighted by Gasteiger charge is 2.12. The molecule has 0 aliphatic carbocycles. The van der Waals surface area contributed by atoms with Crippen LogP contribution in [-0.2, 0) is 0 Å². The molecule has 3 N–H and O–H groups in total. The van der Waals surface area contributed by atoms with Crippen molar-refractivity contribution in [1.82, 2.24) is 4.98 Å². The summed E-state index contributed by atoms with van der Waals surface area (Å²) in [5.74, 6) is 0.639. The second-order valence-corrected chi connectivity index (χ2v) is 3.71. The van der Waals surface area contributed by atoms with Crippen LogP contribution in [0.15, 0.2) is 12.3 Å². The lowest BCUT2D eigenvalue weighted by molar-refractivity contribution is 0.838. The van der Waals surface area contributed by atoms with E-state index in [1.54, 1.807) is 12.3 Å². The van der Waals surface area contributed by atoms with Crippen LogP contribution in [0.1, 0.15) is 18.9 Å². The smallest absolute Gasteiger partial charge is 0.147 e. The Morgan fingerprint density at radius 3 is 2.87 bits per heavy atom. The Kier molecular flexibility index (Phi) is 3.91. The maximum Gasteiger partial charge on any atom is 0.147 e. The number of hydrogen-bond acceptors (Lipinski definition) is 3. The molecule has 1 heterocycles. The van der Waals surface area contributed by atoms with E-state index < -0.39 is 0 Å². The van der Waals surface area contributed by atoms with E-state index in [2.05, 4.69) is 11.9 Å². The average molecular weight is 227 g/mol. The summed E-state index contributed by atoms with van der Waals surface area (Å²) in [5, 5.41) is 7.81. The van der Waals surface area contributed by atoms with Crippen molar-refractivity contribution in [2.45, 2.75) is 13.3 Å². The van der Waals surface area contributed by atoms with Crippen LogP contribution in [-0.4, -0.2) is 24.4 Å². The standard InChI is InChI=1S/C10H15ClN4/c1-3-6-15(2)10-8(11)7(9(12)13)4-5-14-10/h4-5H,3,6H2,1-2H3,(H3,12,13). The molecule has 1 rings (SSSR count). The number of pyridine rings is 1. The van der Waals surface area contributed by atoms with Gasteiger partial charge in [-0.25, -0.2) is 4.98 Å². The number of amidine groups is 1. The van der Waals surface area contributed by atoms with Crippen LogP contribution in [0.2, 0.25) is 5.02 Å². The topological polar surface area (TPSA) is 66.0 Å². The summed E-state index contributed by atoms with van der Waals surface area (Å²) in [4.78, 5) is 6.13. The van der Waals surface area contributed by atoms with Crippen molar-refractivity contribution in [3.8, 4) is 0 Å². The van der Waals surface area contributed by atoms with Gasteiger partial charge in [0.1, 0.15) is 11.7 Å². The molecule has 5 heteroatoms. The summed E-state index contributed by atoms with van der Waals surface area (Å²) in [6.07, 6.45) is 2.63. The molecule has 0 radical (unpaired) electrons. The number of nitrogens with two attached hydrogens (primary N) is 1. The normalized spacial score (nSPS) is 10.1. The number of hydrogen-bond donors (Lipinski definition) is 2. The number of nitrogens with zero attached hydrogens (tertiary/aromatic N) is 2. The summed E-state index contributed by atoms with van der Waals surface area (Å²) < 4.78 is 0. The summed E-state index contributed by atoms with van der Waals surface area (Å²) in [5.41, 5.74) is 5.94. The number of nitrogen functional groups attached to an aromatic ring is 1. The lowest BCUT2D eigenvalue weighted by Gasteiger charge is -2.19. The van der Waals surface area contributed by atoms with Crippen molar-refractivity contribution < 1.29 is 0 Å². The van der Waals surface area contributed by atoms with Gasteiger partial charge in [-0.05, 0) is 12.5 Å². The molecule has 0 unspecified atom stereocenters. The van der Waals surface area contributed by atoms with Crippen LogP contribution >= 0.6 is 11.6 Å². The molecule has 0 fully saturated rings. The summed E-state index contributed by atoms with van der Waals surface area (Å²) in [7, 11) is 1.92. The van der Waals surface area contributed by atoms with Crippen molar-refractivity contribution in [1.29, 1.82) is 5.41 Å². The molecule has 82 valence electrons. The lowest BCUT2D eigenvalue weighted by Crippen LogP contribution is -2.21. The molecule has 1 aromatic rings. The first kappa shape index (κ1) is 11.8. The molecule has 1 aromatic heterocycles. The fraction of sp³-hybridized carbons (Fsp3) is 0.400. The fourth-order valence-electron chi connectivity index (χ4n) is 1.35. The molecule has 0 saturated heterocycles. The molecule has 0 amide bonds. The average Bonchev–Trinajstić information content (AvgIpc) is 2.17. The van der Waals surface area contributed by atoms with Crippen LogP contribution in [0.25, 0.3) is 0 Å². The van der Waals surface area contributed by atoms with E-state index in [0.29, 0.717) is 16.4 Å². The largest absolute Gasteiger partial charge is 0.384 e. The highest BCUT2D eigenvalue weighted by Crippen LogP contribution is 2.25. The Bertz CT molecular complexity index is 364. The quantitative estimate of drug-likeness (QED) is 0.609. The van der Waals surface area contributed by atoms with Gasteiger partial charge in [0.25, 0.3) is 0 Å². The van der Waals surface area contributed by atoms with Crippen LogP contribution in [0, 0.1) is 5.41 Å². The van der Waals surface area contributed by atoms with E-state index in [0.717, 1.165) is 13.0 Å². The van der Waals surface area contributed by atoms with E-state index in [1.807, 2.05) is 11.9 Å². The SMILES string of the molecule is CCCN(C)c1nccc(C(=N)N)c1Cl. The maximum atomic E-state index is 7.36. The van der Waals surface area contributed by atoms with Gasteiger partial charge in [0.2, 0.25) is 0 Å². The molecule has 0 aliphatic rings. The predicted octanol–water partition coefficient (Wildman–Crippen LogP) is 1.87. The number of halogens is 1. The monoisotopic (exact) mass is 226 g/mol. The molecule has 0 atom stereocenters. The highest BCUT2D eigenvalue weighted by molar-refractivity contribution is 6.36. The zero-order valence-electron chi connectivity index (χ0n) is 8.92. The summed E-state index contributed by atoms with van der Waals surface area (Å²) in [6, 6.07) is 1.65. The Labute approximate surface area is 94.6 Å². The highest BCUT2D eigenvalue weighted by atomic mass is 35.5. The zero-order chi connectivity index (χ0) is 11.4. The first-order valence-corrected chi connectivity index (χ1v) is 5.15. The molecule has 0 spiro atoms. The van der Waals surface area contributed by atoms with E-state index in [9.17, 15) is 0 Å². The second kappa shape index (κ2) is 4.98. The summed E-state index contributed by atoms with van der Waals surface area (Å²) in [6.45, 7) is 2.95. The van der Waals surface area contributed by atoms with Gasteiger partial charge in [0.15, 0.2) is 0 Å². The third-order valence-corrected chi connectivity index (χ3v) is 2.45. The third kappa shape index (κ3) is 2.59. The van der Waals surface area contributed by atoms with Crippen molar-refractivity contribution in [2.24, 2.45) is 5.73 Å². The number of rotatable bonds is 4. The van der Waals surface area contributed by atoms with Gasteiger partial charge in [-0.15, -0.1) is 0 Å². The van der Waals surface area contributed by atoms with Gasteiger partial charge in [0, 0.05) is 25.4 Å². The molecule has 15 heavy (non-hydrogen) atoms. The molecule has 0 aliphatic heterocycles. The Morgan fingerprint density at radius 1 is 1.67 bits per heavy atom. The second-order valence-electron chi connectivity index (χ2n) is 3.33. The Balaban J connectivity index is 3.09. The molecule has 0 bridgehead atoms. The minimum atomic E-state index is -0.0338. The van der Waals surface area contributed by atoms with Gasteiger partial charge in [0.05, 0.1) is 5.02 Å². The first-order valence-electron chi connectivity index (χ1n) is 4.78. The molecule has 0 saturated carbocycles. The van der Waals surface area contributed by atoms with Crippen LogP contribution in [0.5, 0.6) is 0 Å². The molecular formula is C10H15ClN4. The third-order valence-electron chi connectivity index (χ3n) is 2.08. The van der Waals surface area contributed by atoms with Gasteiger partial charge in [-0.1, -0.05) is 18.5 Å². The van der Waals surface area contributed by atoms with Gasteiger partial charge in [-0.3, -0.25) is 5.41 Å². The van der Waals surface area contributed by atoms with E-state index in [-0.39, 0.29) is 5.84 Å². The van der Waals surface area contributed by atoms with Gasteiger partial charge in [-0.2, -0.15) is 0 Å².